The first-order valence-corrected chi connectivity index (χ1v) is 10.9. The minimum Gasteiger partial charge on any atom is -0.342 e. The van der Waals surface area contributed by atoms with Crippen LogP contribution in [0.1, 0.15) is 64.2 Å². The Morgan fingerprint density at radius 3 is 2.26 bits per heavy atom. The van der Waals surface area contributed by atoms with Gasteiger partial charge in [0.2, 0.25) is 11.8 Å². The van der Waals surface area contributed by atoms with E-state index in [-0.39, 0.29) is 18.3 Å². The fourth-order valence-corrected chi connectivity index (χ4v) is 5.95. The van der Waals surface area contributed by atoms with Crippen LogP contribution in [0, 0.1) is 23.7 Å². The molecule has 0 spiro atoms. The number of carbonyl (C=O) groups is 2. The Bertz CT molecular complexity index is 522. The first kappa shape index (κ1) is 20.9. The summed E-state index contributed by atoms with van der Waals surface area (Å²) in [5, 5.41) is 0. The van der Waals surface area contributed by atoms with Gasteiger partial charge in [0.25, 0.3) is 0 Å². The van der Waals surface area contributed by atoms with Crippen LogP contribution in [0.3, 0.4) is 0 Å². The summed E-state index contributed by atoms with van der Waals surface area (Å²) in [6.07, 6.45) is 10.8. The van der Waals surface area contributed by atoms with Gasteiger partial charge in [-0.2, -0.15) is 0 Å². The smallest absolute Gasteiger partial charge is 0.225 e. The van der Waals surface area contributed by atoms with E-state index < -0.39 is 0 Å². The number of hydrogen-bond acceptors (Lipinski definition) is 3. The summed E-state index contributed by atoms with van der Waals surface area (Å²) in [4.78, 5) is 29.3. The minimum absolute atomic E-state index is 0. The average molecular weight is 398 g/mol. The molecule has 0 aromatic rings. The third-order valence-corrected chi connectivity index (χ3v) is 7.59. The van der Waals surface area contributed by atoms with Crippen molar-refractivity contribution in [3.05, 3.63) is 0 Å². The predicted octanol–water partition coefficient (Wildman–Crippen LogP) is 2.81. The van der Waals surface area contributed by atoms with Gasteiger partial charge in [0.15, 0.2) is 0 Å². The van der Waals surface area contributed by atoms with Gasteiger partial charge in [-0.1, -0.05) is 6.42 Å². The standard InChI is InChI=1S/C21H35N3O2.ClH/c22-20-16-4-3-5-17(20)13-18(12-16)21(26)23-10-7-15(8-11-23)14-24-9-2-1-6-19(24)25;/h15-18,20H,1-14,22H2;1H. The van der Waals surface area contributed by atoms with Crippen molar-refractivity contribution < 1.29 is 9.59 Å². The molecule has 0 aromatic carbocycles. The fraction of sp³-hybridized carbons (Fsp3) is 0.905. The highest BCUT2D eigenvalue weighted by Gasteiger charge is 2.42. The highest BCUT2D eigenvalue weighted by atomic mass is 35.5. The number of nitrogens with zero attached hydrogens (tertiary/aromatic N) is 2. The average Bonchev–Trinajstić information content (AvgIpc) is 2.63. The van der Waals surface area contributed by atoms with Gasteiger partial charge in [-0.3, -0.25) is 9.59 Å². The second-order valence-electron chi connectivity index (χ2n) is 9.26. The molecule has 4 rings (SSSR count). The third kappa shape index (κ3) is 4.61. The van der Waals surface area contributed by atoms with Gasteiger partial charge in [0, 0.05) is 44.6 Å². The Morgan fingerprint density at radius 1 is 0.963 bits per heavy atom. The van der Waals surface area contributed by atoms with E-state index in [4.69, 9.17) is 5.73 Å². The van der Waals surface area contributed by atoms with Crippen molar-refractivity contribution in [2.75, 3.05) is 26.2 Å². The van der Waals surface area contributed by atoms with E-state index >= 15 is 0 Å². The second-order valence-corrected chi connectivity index (χ2v) is 9.26. The molecule has 2 unspecified atom stereocenters. The van der Waals surface area contributed by atoms with Crippen LogP contribution in [0.2, 0.25) is 0 Å². The lowest BCUT2D eigenvalue weighted by atomic mass is 9.65. The van der Waals surface area contributed by atoms with E-state index in [1.165, 1.54) is 19.3 Å². The molecule has 2 N–H and O–H groups in total. The van der Waals surface area contributed by atoms with E-state index in [2.05, 4.69) is 9.80 Å². The summed E-state index contributed by atoms with van der Waals surface area (Å²) in [6.45, 7) is 3.60. The summed E-state index contributed by atoms with van der Waals surface area (Å²) in [6, 6.07) is 0.334. The van der Waals surface area contributed by atoms with Crippen LogP contribution in [0.25, 0.3) is 0 Å². The van der Waals surface area contributed by atoms with Gasteiger partial charge in [0.05, 0.1) is 0 Å². The van der Waals surface area contributed by atoms with Crippen LogP contribution in [0.15, 0.2) is 0 Å². The predicted molar refractivity (Wildman–Crippen MR) is 109 cm³/mol. The number of hydrogen-bond donors (Lipinski definition) is 1. The van der Waals surface area contributed by atoms with Crippen LogP contribution < -0.4 is 5.73 Å². The number of likely N-dealkylation sites (tertiary alicyclic amines) is 2. The third-order valence-electron chi connectivity index (χ3n) is 7.59. The lowest BCUT2D eigenvalue weighted by Gasteiger charge is -2.45. The molecule has 4 fully saturated rings. The Kier molecular flexibility index (Phi) is 7.07. The maximum absolute atomic E-state index is 13.1. The van der Waals surface area contributed by atoms with E-state index in [0.29, 0.717) is 35.6 Å². The molecule has 0 radical (unpaired) electrons. The number of carbonyl (C=O) groups excluding carboxylic acids is 2. The molecule has 2 atom stereocenters. The molecule has 0 aromatic heterocycles. The van der Waals surface area contributed by atoms with Crippen molar-refractivity contribution in [3.8, 4) is 0 Å². The monoisotopic (exact) mass is 397 g/mol. The zero-order valence-corrected chi connectivity index (χ0v) is 17.3. The number of nitrogens with two attached hydrogens (primary N) is 1. The largest absolute Gasteiger partial charge is 0.342 e. The van der Waals surface area contributed by atoms with E-state index in [1.54, 1.807) is 0 Å². The molecule has 2 saturated carbocycles. The van der Waals surface area contributed by atoms with Crippen LogP contribution in [-0.4, -0.2) is 53.8 Å². The molecule has 2 amide bonds. The second kappa shape index (κ2) is 9.13. The van der Waals surface area contributed by atoms with Crippen molar-refractivity contribution in [1.82, 2.24) is 9.80 Å². The van der Waals surface area contributed by atoms with E-state index in [1.807, 2.05) is 0 Å². The Morgan fingerprint density at radius 2 is 1.63 bits per heavy atom. The molecule has 27 heavy (non-hydrogen) atoms. The zero-order valence-electron chi connectivity index (χ0n) is 16.5. The van der Waals surface area contributed by atoms with Gasteiger partial charge in [-0.25, -0.2) is 0 Å². The highest BCUT2D eigenvalue weighted by Crippen LogP contribution is 2.42. The van der Waals surface area contributed by atoms with Crippen LogP contribution in [0.4, 0.5) is 0 Å². The topological polar surface area (TPSA) is 66.6 Å². The number of halogens is 1. The van der Waals surface area contributed by atoms with Crippen molar-refractivity contribution in [1.29, 1.82) is 0 Å². The quantitative estimate of drug-likeness (QED) is 0.796. The normalized spacial score (nSPS) is 34.9. The van der Waals surface area contributed by atoms with Crippen molar-refractivity contribution in [3.63, 3.8) is 0 Å². The molecule has 6 heteroatoms. The fourth-order valence-electron chi connectivity index (χ4n) is 5.95. The number of amides is 2. The highest BCUT2D eigenvalue weighted by molar-refractivity contribution is 5.85. The van der Waals surface area contributed by atoms with E-state index in [9.17, 15) is 9.59 Å². The molecule has 2 bridgehead atoms. The molecule has 154 valence electrons. The van der Waals surface area contributed by atoms with Crippen LogP contribution in [0.5, 0.6) is 0 Å². The van der Waals surface area contributed by atoms with Crippen molar-refractivity contribution >= 4 is 24.2 Å². The van der Waals surface area contributed by atoms with Crippen molar-refractivity contribution in [2.45, 2.75) is 70.3 Å². The maximum atomic E-state index is 13.1. The minimum atomic E-state index is 0. The summed E-state index contributed by atoms with van der Waals surface area (Å²) in [5.41, 5.74) is 6.39. The van der Waals surface area contributed by atoms with Gasteiger partial charge in [-0.15, -0.1) is 12.4 Å². The van der Waals surface area contributed by atoms with Gasteiger partial charge >= 0.3 is 0 Å². The molecule has 2 aliphatic heterocycles. The SMILES string of the molecule is Cl.NC1C2CCCC1CC(C(=O)N1CCC(CN3CCCCC3=O)CC1)C2. The first-order valence-electron chi connectivity index (χ1n) is 10.9. The number of rotatable bonds is 3. The lowest BCUT2D eigenvalue weighted by molar-refractivity contribution is -0.141. The molecule has 5 nitrogen and oxygen atoms in total. The van der Waals surface area contributed by atoms with Crippen LogP contribution in [-0.2, 0) is 9.59 Å². The summed E-state index contributed by atoms with van der Waals surface area (Å²) in [7, 11) is 0. The van der Waals surface area contributed by atoms with Gasteiger partial charge < -0.3 is 15.5 Å². The number of piperidine rings is 2. The molecule has 4 aliphatic rings. The van der Waals surface area contributed by atoms with Gasteiger partial charge in [-0.05, 0) is 69.1 Å². The Labute approximate surface area is 169 Å². The molecule has 2 saturated heterocycles. The van der Waals surface area contributed by atoms with E-state index in [0.717, 1.165) is 71.1 Å². The zero-order chi connectivity index (χ0) is 18.1. The maximum Gasteiger partial charge on any atom is 0.225 e. The summed E-state index contributed by atoms with van der Waals surface area (Å²) >= 11 is 0. The lowest BCUT2D eigenvalue weighted by Crippen LogP contribution is -2.51. The van der Waals surface area contributed by atoms with Crippen LogP contribution >= 0.6 is 12.4 Å². The molecular formula is C21H36ClN3O2. The summed E-state index contributed by atoms with van der Waals surface area (Å²) in [5.74, 6) is 2.64. The molecule has 2 heterocycles. The number of fused-ring (bicyclic) bond motifs is 2. The molecule has 2 aliphatic carbocycles. The van der Waals surface area contributed by atoms with Gasteiger partial charge in [0.1, 0.15) is 0 Å². The molecular weight excluding hydrogens is 362 g/mol. The Hall–Kier alpha value is -0.810. The Balaban J connectivity index is 0.00000210. The first-order chi connectivity index (χ1) is 12.6. The van der Waals surface area contributed by atoms with Crippen molar-refractivity contribution in [2.24, 2.45) is 29.4 Å². The summed E-state index contributed by atoms with van der Waals surface area (Å²) < 4.78 is 0.